The molecule has 0 saturated carbocycles. The van der Waals surface area contributed by atoms with Gasteiger partial charge in [0.2, 0.25) is 0 Å². The van der Waals surface area contributed by atoms with Gasteiger partial charge < -0.3 is 9.47 Å². The largest absolute Gasteiger partial charge is 0.497 e. The molecular formula is C27H31NO4S. The molecule has 6 heteroatoms. The highest BCUT2D eigenvalue weighted by atomic mass is 32.1. The number of carbonyl (C=O) groups excluding carboxylic acids is 2. The summed E-state index contributed by atoms with van der Waals surface area (Å²) in [5, 5.41) is 0.965. The Hall–Kier alpha value is -2.99. The van der Waals surface area contributed by atoms with Crippen LogP contribution < -0.4 is 9.47 Å². The Labute approximate surface area is 199 Å². The predicted molar refractivity (Wildman–Crippen MR) is 133 cm³/mol. The van der Waals surface area contributed by atoms with Gasteiger partial charge in [-0.05, 0) is 74.2 Å². The van der Waals surface area contributed by atoms with Gasteiger partial charge in [0, 0.05) is 28.8 Å². The van der Waals surface area contributed by atoms with Crippen LogP contribution in [0.1, 0.15) is 66.0 Å². The molecule has 0 atom stereocenters. The molecular weight excluding hydrogens is 434 g/mol. The minimum Gasteiger partial charge on any atom is -0.497 e. The summed E-state index contributed by atoms with van der Waals surface area (Å²) in [6.07, 6.45) is 1.47. The first-order valence-corrected chi connectivity index (χ1v) is 12.0. The molecule has 1 aromatic heterocycles. The van der Waals surface area contributed by atoms with E-state index in [1.165, 1.54) is 0 Å². The van der Waals surface area contributed by atoms with Crippen LogP contribution in [0.5, 0.6) is 11.5 Å². The number of aromatic nitrogens is 1. The van der Waals surface area contributed by atoms with E-state index in [9.17, 15) is 9.59 Å². The summed E-state index contributed by atoms with van der Waals surface area (Å²) in [5.41, 5.74) is 3.68. The molecule has 0 fully saturated rings. The molecule has 0 saturated heterocycles. The summed E-state index contributed by atoms with van der Waals surface area (Å²) in [6, 6.07) is 13.4. The van der Waals surface area contributed by atoms with Crippen molar-refractivity contribution in [2.24, 2.45) is 0 Å². The van der Waals surface area contributed by atoms with Crippen LogP contribution in [0.15, 0.2) is 42.5 Å². The number of hydrogen-bond donors (Lipinski definition) is 0. The van der Waals surface area contributed by atoms with Gasteiger partial charge in [-0.3, -0.25) is 9.59 Å². The van der Waals surface area contributed by atoms with Gasteiger partial charge in [-0.1, -0.05) is 13.8 Å². The van der Waals surface area contributed by atoms with E-state index in [1.807, 2.05) is 43.3 Å². The summed E-state index contributed by atoms with van der Waals surface area (Å²) in [4.78, 5) is 30.0. The number of ether oxygens (including phenoxy) is 2. The van der Waals surface area contributed by atoms with Gasteiger partial charge in [-0.25, -0.2) is 4.98 Å². The van der Waals surface area contributed by atoms with Crippen LogP contribution in [0.4, 0.5) is 0 Å². The van der Waals surface area contributed by atoms with Crippen LogP contribution in [0.3, 0.4) is 0 Å². The normalized spacial score (nSPS) is 11.0. The smallest absolute Gasteiger partial charge is 0.163 e. The maximum absolute atomic E-state index is 12.9. The highest BCUT2D eigenvalue weighted by Crippen LogP contribution is 2.33. The second kappa shape index (κ2) is 11.2. The number of rotatable bonds is 11. The first kappa shape index (κ1) is 24.6. The van der Waals surface area contributed by atoms with Gasteiger partial charge in [0.1, 0.15) is 22.3 Å². The van der Waals surface area contributed by atoms with Crippen LogP contribution in [0, 0.1) is 6.92 Å². The molecule has 0 amide bonds. The zero-order chi connectivity index (χ0) is 24.0. The number of ketones is 2. The molecule has 3 aromatic rings. The lowest BCUT2D eigenvalue weighted by Gasteiger charge is -2.10. The first-order chi connectivity index (χ1) is 15.8. The maximum atomic E-state index is 12.9. The number of thiazole rings is 1. The number of benzene rings is 2. The van der Waals surface area contributed by atoms with Gasteiger partial charge in [-0.15, -0.1) is 11.3 Å². The Bertz CT molecular complexity index is 1120. The fourth-order valence-electron chi connectivity index (χ4n) is 3.51. The minimum absolute atomic E-state index is 0.0958. The Morgan fingerprint density at radius 2 is 1.79 bits per heavy atom. The zero-order valence-corrected chi connectivity index (χ0v) is 20.8. The number of carbonyl (C=O) groups is 2. The lowest BCUT2D eigenvalue weighted by atomic mass is 10.0. The highest BCUT2D eigenvalue weighted by molar-refractivity contribution is 7.15. The van der Waals surface area contributed by atoms with Gasteiger partial charge in [0.25, 0.3) is 0 Å². The lowest BCUT2D eigenvalue weighted by Crippen LogP contribution is -2.06. The third-order valence-electron chi connectivity index (χ3n) is 5.40. The molecule has 0 unspecified atom stereocenters. The third-order valence-corrected chi connectivity index (χ3v) is 6.58. The second-order valence-corrected chi connectivity index (χ2v) is 9.50. The van der Waals surface area contributed by atoms with Crippen LogP contribution in [0.2, 0.25) is 0 Å². The van der Waals surface area contributed by atoms with Crippen molar-refractivity contribution in [3.05, 3.63) is 64.2 Å². The molecule has 174 valence electrons. The van der Waals surface area contributed by atoms with E-state index in [-0.39, 0.29) is 17.5 Å². The number of Topliss-reactive ketones (excluding diaryl/α,β-unsaturated/α-hetero) is 2. The molecule has 0 aliphatic heterocycles. The summed E-state index contributed by atoms with van der Waals surface area (Å²) in [7, 11) is 1.65. The van der Waals surface area contributed by atoms with Crippen molar-refractivity contribution < 1.29 is 19.1 Å². The summed E-state index contributed by atoms with van der Waals surface area (Å²) in [5.74, 6) is 2.00. The van der Waals surface area contributed by atoms with E-state index in [2.05, 4.69) is 13.8 Å². The number of methoxy groups -OCH3 is 1. The van der Waals surface area contributed by atoms with E-state index in [1.54, 1.807) is 31.4 Å². The van der Waals surface area contributed by atoms with Crippen molar-refractivity contribution in [3.8, 4) is 22.1 Å². The summed E-state index contributed by atoms with van der Waals surface area (Å²) in [6.45, 7) is 8.08. The highest BCUT2D eigenvalue weighted by Gasteiger charge is 2.17. The molecule has 1 heterocycles. The topological polar surface area (TPSA) is 65.5 Å². The quantitative estimate of drug-likeness (QED) is 0.306. The van der Waals surface area contributed by atoms with Crippen LogP contribution in [-0.4, -0.2) is 30.3 Å². The van der Waals surface area contributed by atoms with Gasteiger partial charge in [-0.2, -0.15) is 0 Å². The maximum Gasteiger partial charge on any atom is 0.163 e. The number of nitrogens with zero attached hydrogens (tertiary/aromatic N) is 1. The third kappa shape index (κ3) is 6.51. The molecule has 5 nitrogen and oxygen atoms in total. The zero-order valence-electron chi connectivity index (χ0n) is 19.9. The second-order valence-electron chi connectivity index (χ2n) is 8.41. The fourth-order valence-corrected chi connectivity index (χ4v) is 4.73. The van der Waals surface area contributed by atoms with Crippen molar-refractivity contribution in [2.45, 2.75) is 52.9 Å². The van der Waals surface area contributed by atoms with E-state index < -0.39 is 0 Å². The molecule has 3 rings (SSSR count). The van der Waals surface area contributed by atoms with Gasteiger partial charge >= 0.3 is 0 Å². The molecule has 0 radical (unpaired) electrons. The van der Waals surface area contributed by atoms with E-state index >= 15 is 0 Å². The van der Waals surface area contributed by atoms with Gasteiger partial charge in [0.15, 0.2) is 5.78 Å². The first-order valence-electron chi connectivity index (χ1n) is 11.2. The average molecular weight is 466 g/mol. The SMILES string of the molecule is COc1ccc(-c2nc(C(C)C)c(CCC(=O)c3ccc(OCCC(C)=O)c(C)c3)s2)cc1. The van der Waals surface area contributed by atoms with Crippen molar-refractivity contribution in [1.82, 2.24) is 4.98 Å². The van der Waals surface area contributed by atoms with E-state index in [4.69, 9.17) is 14.5 Å². The van der Waals surface area contributed by atoms with Crippen molar-refractivity contribution >= 4 is 22.9 Å². The van der Waals surface area contributed by atoms with Crippen molar-refractivity contribution in [1.29, 1.82) is 0 Å². The van der Waals surface area contributed by atoms with Crippen molar-refractivity contribution in [2.75, 3.05) is 13.7 Å². The Morgan fingerprint density at radius 1 is 1.06 bits per heavy atom. The minimum atomic E-state index is 0.0958. The fraction of sp³-hybridized carbons (Fsp3) is 0.370. The molecule has 2 aromatic carbocycles. The molecule has 33 heavy (non-hydrogen) atoms. The number of aryl methyl sites for hydroxylation is 2. The molecule has 0 spiro atoms. The van der Waals surface area contributed by atoms with Crippen LogP contribution in [-0.2, 0) is 11.2 Å². The standard InChI is InChI=1S/C27H31NO4S/c1-17(2)26-25(33-27(28-26)20-6-9-22(31-5)10-7-20)13-11-23(30)21-8-12-24(18(3)16-21)32-15-14-19(4)29/h6-10,12,16-17H,11,13-15H2,1-5H3. The van der Waals surface area contributed by atoms with E-state index in [0.29, 0.717) is 37.2 Å². The lowest BCUT2D eigenvalue weighted by molar-refractivity contribution is -0.117. The summed E-state index contributed by atoms with van der Waals surface area (Å²) < 4.78 is 10.9. The van der Waals surface area contributed by atoms with Gasteiger partial charge in [0.05, 0.1) is 19.4 Å². The average Bonchev–Trinajstić information content (AvgIpc) is 3.23. The molecule has 0 N–H and O–H groups in total. The van der Waals surface area contributed by atoms with E-state index in [0.717, 1.165) is 32.5 Å². The van der Waals surface area contributed by atoms with Crippen LogP contribution >= 0.6 is 11.3 Å². The predicted octanol–water partition coefficient (Wildman–Crippen LogP) is 6.42. The number of hydrogen-bond acceptors (Lipinski definition) is 6. The van der Waals surface area contributed by atoms with Crippen LogP contribution in [0.25, 0.3) is 10.6 Å². The molecule has 0 aliphatic rings. The molecule has 0 bridgehead atoms. The Balaban J connectivity index is 1.69. The monoisotopic (exact) mass is 465 g/mol. The summed E-state index contributed by atoms with van der Waals surface area (Å²) >= 11 is 1.66. The molecule has 0 aliphatic carbocycles. The van der Waals surface area contributed by atoms with Crippen molar-refractivity contribution in [3.63, 3.8) is 0 Å². The Morgan fingerprint density at radius 3 is 2.39 bits per heavy atom. The Kier molecular flexibility index (Phi) is 8.39.